The predicted molar refractivity (Wildman–Crippen MR) is 58.5 cm³/mol. The van der Waals surface area contributed by atoms with Crippen LogP contribution >= 0.6 is 0 Å². The quantitative estimate of drug-likeness (QED) is 0.688. The predicted octanol–water partition coefficient (Wildman–Crippen LogP) is 4.15. The fourth-order valence-corrected chi connectivity index (χ4v) is 0.535. The van der Waals surface area contributed by atoms with Crippen LogP contribution in [-0.4, -0.2) is 4.98 Å². The molecule has 1 heterocycles. The highest BCUT2D eigenvalue weighted by Crippen LogP contribution is 1.97. The first-order valence-electron chi connectivity index (χ1n) is 4.99. The Morgan fingerprint density at radius 2 is 1.92 bits per heavy atom. The lowest BCUT2D eigenvalue weighted by Gasteiger charge is -1.77. The Bertz CT molecular complexity index is 178. The van der Waals surface area contributed by atoms with Crippen LogP contribution in [0.25, 0.3) is 6.08 Å². The van der Waals surface area contributed by atoms with Gasteiger partial charge < -0.3 is 4.42 Å². The van der Waals surface area contributed by atoms with Crippen molar-refractivity contribution >= 4 is 6.08 Å². The van der Waals surface area contributed by atoms with Crippen LogP contribution in [0.5, 0.6) is 0 Å². The maximum absolute atomic E-state index is 4.94. The molecule has 1 aromatic rings. The van der Waals surface area contributed by atoms with Gasteiger partial charge in [-0.2, -0.15) is 0 Å². The Morgan fingerprint density at radius 1 is 1.31 bits per heavy atom. The maximum atomic E-state index is 4.94. The summed E-state index contributed by atoms with van der Waals surface area (Å²) in [6.45, 7) is 10.1. The van der Waals surface area contributed by atoms with Gasteiger partial charge in [-0.05, 0) is 12.5 Å². The molecule has 76 valence electrons. The summed E-state index contributed by atoms with van der Waals surface area (Å²) in [7, 11) is 0. The zero-order chi connectivity index (χ0) is 10.5. The lowest BCUT2D eigenvalue weighted by atomic mass is 10.4. The molecule has 0 saturated carbocycles. The van der Waals surface area contributed by atoms with Crippen LogP contribution in [0.15, 0.2) is 23.0 Å². The SMILES string of the molecule is CC.CC.CC/C=C/c1ncco1. The first-order valence-corrected chi connectivity index (χ1v) is 4.99. The fraction of sp³-hybridized carbons (Fsp3) is 0.545. The van der Waals surface area contributed by atoms with Crippen molar-refractivity contribution in [3.05, 3.63) is 24.4 Å². The van der Waals surface area contributed by atoms with Crippen LogP contribution < -0.4 is 0 Å². The molecule has 0 amide bonds. The van der Waals surface area contributed by atoms with E-state index >= 15 is 0 Å². The zero-order valence-electron chi connectivity index (χ0n) is 9.37. The van der Waals surface area contributed by atoms with Gasteiger partial charge in [-0.3, -0.25) is 0 Å². The molecule has 0 saturated heterocycles. The topological polar surface area (TPSA) is 26.0 Å². The van der Waals surface area contributed by atoms with E-state index in [2.05, 4.69) is 11.9 Å². The van der Waals surface area contributed by atoms with Gasteiger partial charge in [0.05, 0.1) is 6.20 Å². The van der Waals surface area contributed by atoms with Gasteiger partial charge in [0, 0.05) is 0 Å². The van der Waals surface area contributed by atoms with E-state index in [9.17, 15) is 0 Å². The summed E-state index contributed by atoms with van der Waals surface area (Å²) in [4.78, 5) is 3.90. The van der Waals surface area contributed by atoms with Crippen molar-refractivity contribution in [3.63, 3.8) is 0 Å². The summed E-state index contributed by atoms with van der Waals surface area (Å²) in [6, 6.07) is 0. The van der Waals surface area contributed by atoms with Gasteiger partial charge in [0.1, 0.15) is 6.26 Å². The van der Waals surface area contributed by atoms with E-state index in [1.165, 1.54) is 0 Å². The summed E-state index contributed by atoms with van der Waals surface area (Å²) in [5, 5.41) is 0. The van der Waals surface area contributed by atoms with Crippen molar-refractivity contribution in [1.82, 2.24) is 4.98 Å². The van der Waals surface area contributed by atoms with Crippen molar-refractivity contribution in [2.75, 3.05) is 0 Å². The molecule has 0 aromatic carbocycles. The van der Waals surface area contributed by atoms with Gasteiger partial charge in [0.2, 0.25) is 5.89 Å². The molecule has 0 aliphatic rings. The highest BCUT2D eigenvalue weighted by Gasteiger charge is 1.84. The molecule has 1 aromatic heterocycles. The smallest absolute Gasteiger partial charge is 0.218 e. The molecule has 0 fully saturated rings. The molecule has 1 rings (SSSR count). The molecule has 0 radical (unpaired) electrons. The van der Waals surface area contributed by atoms with Crippen LogP contribution in [0, 0.1) is 0 Å². The number of allylic oxidation sites excluding steroid dienone is 1. The summed E-state index contributed by atoms with van der Waals surface area (Å²) < 4.78 is 4.94. The third kappa shape index (κ3) is 8.86. The average molecular weight is 183 g/mol. The molecule has 0 aliphatic carbocycles. The van der Waals surface area contributed by atoms with Crippen LogP contribution in [0.3, 0.4) is 0 Å². The highest BCUT2D eigenvalue weighted by molar-refractivity contribution is 5.36. The van der Waals surface area contributed by atoms with E-state index < -0.39 is 0 Å². The van der Waals surface area contributed by atoms with E-state index in [-0.39, 0.29) is 0 Å². The zero-order valence-corrected chi connectivity index (χ0v) is 9.37. The third-order valence-corrected chi connectivity index (χ3v) is 0.948. The molecular weight excluding hydrogens is 162 g/mol. The summed E-state index contributed by atoms with van der Waals surface area (Å²) in [6.07, 6.45) is 8.08. The standard InChI is InChI=1S/C7H9NO.2C2H6/c1-2-3-4-7-8-5-6-9-7;2*1-2/h3-6H,2H2,1H3;2*1-2H3/b4-3+;;. The summed E-state index contributed by atoms with van der Waals surface area (Å²) >= 11 is 0. The average Bonchev–Trinajstić information content (AvgIpc) is 2.73. The highest BCUT2D eigenvalue weighted by atomic mass is 16.3. The first kappa shape index (κ1) is 14.5. The van der Waals surface area contributed by atoms with E-state index in [0.717, 1.165) is 6.42 Å². The molecule has 0 N–H and O–H groups in total. The van der Waals surface area contributed by atoms with E-state index in [4.69, 9.17) is 4.42 Å². The minimum Gasteiger partial charge on any atom is -0.445 e. The molecule has 0 atom stereocenters. The van der Waals surface area contributed by atoms with Gasteiger partial charge >= 0.3 is 0 Å². The molecule has 0 spiro atoms. The van der Waals surface area contributed by atoms with Gasteiger partial charge in [-0.1, -0.05) is 40.7 Å². The van der Waals surface area contributed by atoms with Gasteiger partial charge in [0.25, 0.3) is 0 Å². The van der Waals surface area contributed by atoms with Gasteiger partial charge in [-0.15, -0.1) is 0 Å². The Balaban J connectivity index is 0. The molecule has 2 nitrogen and oxygen atoms in total. The van der Waals surface area contributed by atoms with Gasteiger partial charge in [-0.25, -0.2) is 4.98 Å². The van der Waals surface area contributed by atoms with Crippen LogP contribution in [-0.2, 0) is 0 Å². The normalized spacial score (nSPS) is 8.38. The molecule has 0 unspecified atom stereocenters. The number of hydrogen-bond acceptors (Lipinski definition) is 2. The minimum absolute atomic E-state index is 0.678. The maximum Gasteiger partial charge on any atom is 0.218 e. The lowest BCUT2D eigenvalue weighted by molar-refractivity contribution is 0.546. The summed E-state index contributed by atoms with van der Waals surface area (Å²) in [5.41, 5.74) is 0. The number of oxazole rings is 1. The molecule has 0 bridgehead atoms. The van der Waals surface area contributed by atoms with Crippen molar-refractivity contribution < 1.29 is 4.42 Å². The fourth-order valence-electron chi connectivity index (χ4n) is 0.535. The largest absolute Gasteiger partial charge is 0.445 e. The number of nitrogens with zero attached hydrogens (tertiary/aromatic N) is 1. The summed E-state index contributed by atoms with van der Waals surface area (Å²) in [5.74, 6) is 0.678. The molecule has 13 heavy (non-hydrogen) atoms. The van der Waals surface area contributed by atoms with E-state index in [1.54, 1.807) is 12.5 Å². The van der Waals surface area contributed by atoms with Crippen molar-refractivity contribution in [1.29, 1.82) is 0 Å². The Kier molecular flexibility index (Phi) is 15.1. The third-order valence-electron chi connectivity index (χ3n) is 0.948. The number of rotatable bonds is 2. The van der Waals surface area contributed by atoms with E-state index in [1.807, 2.05) is 39.8 Å². The number of hydrogen-bond donors (Lipinski definition) is 0. The molecule has 0 aliphatic heterocycles. The van der Waals surface area contributed by atoms with Gasteiger partial charge in [0.15, 0.2) is 0 Å². The monoisotopic (exact) mass is 183 g/mol. The Labute approximate surface area is 81.7 Å². The van der Waals surface area contributed by atoms with Crippen molar-refractivity contribution in [2.24, 2.45) is 0 Å². The lowest BCUT2D eigenvalue weighted by Crippen LogP contribution is -1.65. The Morgan fingerprint density at radius 3 is 2.31 bits per heavy atom. The van der Waals surface area contributed by atoms with Crippen LogP contribution in [0.1, 0.15) is 46.9 Å². The number of aromatic nitrogens is 1. The van der Waals surface area contributed by atoms with Crippen molar-refractivity contribution in [3.8, 4) is 0 Å². The van der Waals surface area contributed by atoms with Crippen LogP contribution in [0.4, 0.5) is 0 Å². The van der Waals surface area contributed by atoms with Crippen molar-refractivity contribution in [2.45, 2.75) is 41.0 Å². The minimum atomic E-state index is 0.678. The second-order valence-electron chi connectivity index (χ2n) is 1.68. The van der Waals surface area contributed by atoms with Crippen LogP contribution in [0.2, 0.25) is 0 Å². The molecular formula is C11H21NO. The van der Waals surface area contributed by atoms with E-state index in [0.29, 0.717) is 5.89 Å². The second kappa shape index (κ2) is 13.5. The first-order chi connectivity index (χ1) is 6.43. The molecule has 2 heteroatoms. The second-order valence-corrected chi connectivity index (χ2v) is 1.68. The Hall–Kier alpha value is -1.05.